The van der Waals surface area contributed by atoms with Gasteiger partial charge >= 0.3 is 5.97 Å². The lowest BCUT2D eigenvalue weighted by atomic mass is 10.1. The van der Waals surface area contributed by atoms with Crippen LogP contribution in [0.2, 0.25) is 5.02 Å². The van der Waals surface area contributed by atoms with Crippen LogP contribution in [0.3, 0.4) is 0 Å². The molecule has 0 saturated carbocycles. The summed E-state index contributed by atoms with van der Waals surface area (Å²) in [6.45, 7) is 5.33. The highest BCUT2D eigenvalue weighted by Gasteiger charge is 2.19. The standard InChI is InChI=1S/C19H20ClNO5/c1-10-5-6-11(2)17(12(10)3)26-19(23)13-7-14(20)18(15(8-13)24-4)25-9-16(21)22/h5-8H,9H2,1-4H3,(H2,21,22). The molecule has 2 N–H and O–H groups in total. The molecule has 0 aliphatic rings. The predicted octanol–water partition coefficient (Wildman–Crippen LogP) is 3.36. The Bertz CT molecular complexity index is 863. The van der Waals surface area contributed by atoms with Gasteiger partial charge in [-0.25, -0.2) is 4.79 Å². The number of ether oxygens (including phenoxy) is 3. The normalized spacial score (nSPS) is 10.3. The van der Waals surface area contributed by atoms with Crippen molar-refractivity contribution in [2.75, 3.05) is 13.7 Å². The first-order valence-electron chi connectivity index (χ1n) is 7.82. The van der Waals surface area contributed by atoms with E-state index in [0.717, 1.165) is 16.7 Å². The van der Waals surface area contributed by atoms with Gasteiger partial charge in [0.2, 0.25) is 0 Å². The zero-order valence-electron chi connectivity index (χ0n) is 15.0. The fraction of sp³-hybridized carbons (Fsp3) is 0.263. The zero-order valence-corrected chi connectivity index (χ0v) is 15.8. The summed E-state index contributed by atoms with van der Waals surface area (Å²) in [6.07, 6.45) is 0. The Balaban J connectivity index is 2.34. The molecule has 2 aromatic carbocycles. The Labute approximate surface area is 156 Å². The number of esters is 1. The Morgan fingerprint density at radius 3 is 2.35 bits per heavy atom. The van der Waals surface area contributed by atoms with E-state index in [1.54, 1.807) is 0 Å². The third-order valence-electron chi connectivity index (χ3n) is 3.89. The van der Waals surface area contributed by atoms with Crippen molar-refractivity contribution >= 4 is 23.5 Å². The van der Waals surface area contributed by atoms with E-state index in [9.17, 15) is 9.59 Å². The molecule has 2 rings (SSSR count). The van der Waals surface area contributed by atoms with Gasteiger partial charge in [-0.15, -0.1) is 0 Å². The molecule has 26 heavy (non-hydrogen) atoms. The summed E-state index contributed by atoms with van der Waals surface area (Å²) in [5.74, 6) is -0.393. The molecule has 2 aromatic rings. The fourth-order valence-corrected chi connectivity index (χ4v) is 2.62. The van der Waals surface area contributed by atoms with Gasteiger partial charge in [-0.05, 0) is 49.6 Å². The fourth-order valence-electron chi connectivity index (χ4n) is 2.36. The Morgan fingerprint density at radius 2 is 1.73 bits per heavy atom. The molecular formula is C19H20ClNO5. The van der Waals surface area contributed by atoms with Crippen LogP contribution in [-0.4, -0.2) is 25.6 Å². The van der Waals surface area contributed by atoms with E-state index in [0.29, 0.717) is 5.75 Å². The minimum absolute atomic E-state index is 0.107. The van der Waals surface area contributed by atoms with E-state index in [2.05, 4.69) is 0 Å². The first-order chi connectivity index (χ1) is 12.2. The summed E-state index contributed by atoms with van der Waals surface area (Å²) in [7, 11) is 1.40. The monoisotopic (exact) mass is 377 g/mol. The lowest BCUT2D eigenvalue weighted by Gasteiger charge is -2.15. The van der Waals surface area contributed by atoms with Crippen molar-refractivity contribution in [1.82, 2.24) is 0 Å². The maximum absolute atomic E-state index is 12.6. The van der Waals surface area contributed by atoms with Crippen LogP contribution in [0.1, 0.15) is 27.0 Å². The number of benzene rings is 2. The van der Waals surface area contributed by atoms with Crippen molar-refractivity contribution in [3.63, 3.8) is 0 Å². The van der Waals surface area contributed by atoms with Crippen molar-refractivity contribution in [3.05, 3.63) is 51.5 Å². The van der Waals surface area contributed by atoms with Gasteiger partial charge in [-0.2, -0.15) is 0 Å². The molecule has 0 aliphatic heterocycles. The number of hydrogen-bond donors (Lipinski definition) is 1. The third-order valence-corrected chi connectivity index (χ3v) is 4.17. The number of methoxy groups -OCH3 is 1. The van der Waals surface area contributed by atoms with Gasteiger partial charge in [-0.1, -0.05) is 23.7 Å². The maximum Gasteiger partial charge on any atom is 0.343 e. The predicted molar refractivity (Wildman–Crippen MR) is 98.3 cm³/mol. The number of nitrogens with two attached hydrogens (primary N) is 1. The summed E-state index contributed by atoms with van der Waals surface area (Å²) < 4.78 is 16.0. The maximum atomic E-state index is 12.6. The second-order valence-electron chi connectivity index (χ2n) is 5.79. The number of primary amides is 1. The van der Waals surface area contributed by atoms with Gasteiger partial charge in [0.15, 0.2) is 18.1 Å². The van der Waals surface area contributed by atoms with Gasteiger partial charge in [0, 0.05) is 0 Å². The average Bonchev–Trinajstić information content (AvgIpc) is 2.59. The smallest absolute Gasteiger partial charge is 0.343 e. The second-order valence-corrected chi connectivity index (χ2v) is 6.19. The Morgan fingerprint density at radius 1 is 1.08 bits per heavy atom. The number of halogens is 1. The van der Waals surface area contributed by atoms with Crippen LogP contribution >= 0.6 is 11.6 Å². The molecule has 1 amide bonds. The number of rotatable bonds is 6. The third kappa shape index (κ3) is 4.26. The van der Waals surface area contributed by atoms with Crippen LogP contribution in [-0.2, 0) is 4.79 Å². The van der Waals surface area contributed by atoms with Crippen LogP contribution in [0.25, 0.3) is 0 Å². The number of carbonyl (C=O) groups excluding carboxylic acids is 2. The number of aryl methyl sites for hydroxylation is 2. The first kappa shape index (κ1) is 19.6. The molecule has 6 nitrogen and oxygen atoms in total. The quantitative estimate of drug-likeness (QED) is 0.616. The summed E-state index contributed by atoms with van der Waals surface area (Å²) in [5.41, 5.74) is 8.01. The van der Waals surface area contributed by atoms with Crippen molar-refractivity contribution in [3.8, 4) is 17.2 Å². The van der Waals surface area contributed by atoms with Crippen molar-refractivity contribution in [2.24, 2.45) is 5.73 Å². The highest BCUT2D eigenvalue weighted by Crippen LogP contribution is 2.37. The van der Waals surface area contributed by atoms with Crippen molar-refractivity contribution in [1.29, 1.82) is 0 Å². The van der Waals surface area contributed by atoms with E-state index in [1.165, 1.54) is 19.2 Å². The van der Waals surface area contributed by atoms with Crippen LogP contribution in [0.5, 0.6) is 17.2 Å². The Kier molecular flexibility index (Phi) is 6.10. The SMILES string of the molecule is COc1cc(C(=O)Oc2c(C)ccc(C)c2C)cc(Cl)c1OCC(N)=O. The summed E-state index contributed by atoms with van der Waals surface area (Å²) >= 11 is 6.17. The lowest BCUT2D eigenvalue weighted by molar-refractivity contribution is -0.119. The molecular weight excluding hydrogens is 358 g/mol. The number of amides is 1. The van der Waals surface area contributed by atoms with E-state index < -0.39 is 11.9 Å². The van der Waals surface area contributed by atoms with Crippen LogP contribution < -0.4 is 19.9 Å². The Hall–Kier alpha value is -2.73. The lowest BCUT2D eigenvalue weighted by Crippen LogP contribution is -2.20. The van der Waals surface area contributed by atoms with Crippen molar-refractivity contribution in [2.45, 2.75) is 20.8 Å². The highest BCUT2D eigenvalue weighted by atomic mass is 35.5. The molecule has 138 valence electrons. The van der Waals surface area contributed by atoms with Gasteiger partial charge in [0.05, 0.1) is 17.7 Å². The minimum atomic E-state index is -0.656. The van der Waals surface area contributed by atoms with Gasteiger partial charge in [0.1, 0.15) is 5.75 Å². The largest absolute Gasteiger partial charge is 0.493 e. The van der Waals surface area contributed by atoms with Crippen LogP contribution in [0, 0.1) is 20.8 Å². The average molecular weight is 378 g/mol. The molecule has 0 aliphatic carbocycles. The molecule has 0 radical (unpaired) electrons. The molecule has 0 heterocycles. The van der Waals surface area contributed by atoms with E-state index >= 15 is 0 Å². The summed E-state index contributed by atoms with van der Waals surface area (Å²) in [4.78, 5) is 23.5. The molecule has 0 aromatic heterocycles. The molecule has 0 saturated heterocycles. The molecule has 0 spiro atoms. The topological polar surface area (TPSA) is 87.8 Å². The van der Waals surface area contributed by atoms with E-state index in [1.807, 2.05) is 32.9 Å². The second kappa shape index (κ2) is 8.10. The summed E-state index contributed by atoms with van der Waals surface area (Å²) in [6, 6.07) is 6.68. The molecule has 0 fully saturated rings. The number of carbonyl (C=O) groups is 2. The molecule has 0 bridgehead atoms. The zero-order chi connectivity index (χ0) is 19.4. The summed E-state index contributed by atoms with van der Waals surface area (Å²) in [5, 5.41) is 0.107. The first-order valence-corrected chi connectivity index (χ1v) is 8.20. The highest BCUT2D eigenvalue weighted by molar-refractivity contribution is 6.32. The van der Waals surface area contributed by atoms with Crippen LogP contribution in [0.4, 0.5) is 0 Å². The van der Waals surface area contributed by atoms with Crippen LogP contribution in [0.15, 0.2) is 24.3 Å². The van der Waals surface area contributed by atoms with Gasteiger partial charge in [0.25, 0.3) is 5.91 Å². The van der Waals surface area contributed by atoms with E-state index in [-0.39, 0.29) is 28.7 Å². The van der Waals surface area contributed by atoms with Gasteiger partial charge < -0.3 is 19.9 Å². The van der Waals surface area contributed by atoms with E-state index in [4.69, 9.17) is 31.5 Å². The molecule has 7 heteroatoms. The molecule has 0 unspecified atom stereocenters. The minimum Gasteiger partial charge on any atom is -0.493 e. The van der Waals surface area contributed by atoms with Gasteiger partial charge in [-0.3, -0.25) is 4.79 Å². The van der Waals surface area contributed by atoms with Crippen molar-refractivity contribution < 1.29 is 23.8 Å². The number of hydrogen-bond acceptors (Lipinski definition) is 5. The molecule has 0 atom stereocenters.